The Hall–Kier alpha value is -0.260. The SMILES string of the molecule is CCCCCCCCCCCCCCCCC(COP(O)OCCCCNC)OC(C)=O. The molecule has 0 aliphatic heterocycles. The molecule has 2 atom stereocenters. The number of rotatable bonds is 25. The van der Waals surface area contributed by atoms with Crippen LogP contribution in [0.1, 0.15) is 123 Å². The highest BCUT2D eigenvalue weighted by atomic mass is 31.2. The van der Waals surface area contributed by atoms with Gasteiger partial charge in [-0.1, -0.05) is 90.4 Å². The van der Waals surface area contributed by atoms with Crippen molar-refractivity contribution in [2.45, 2.75) is 129 Å². The normalized spacial score (nSPS) is 13.2. The van der Waals surface area contributed by atoms with Crippen molar-refractivity contribution in [3.05, 3.63) is 0 Å². The second kappa shape index (κ2) is 25.4. The van der Waals surface area contributed by atoms with E-state index >= 15 is 0 Å². The van der Waals surface area contributed by atoms with Crippen LogP contribution in [-0.2, 0) is 18.6 Å². The number of esters is 1. The van der Waals surface area contributed by atoms with Gasteiger partial charge in [0.25, 0.3) is 0 Å². The Morgan fingerprint density at radius 3 is 1.84 bits per heavy atom. The molecule has 0 saturated heterocycles. The fourth-order valence-corrected chi connectivity index (χ4v) is 4.36. The number of unbranched alkanes of at least 4 members (excludes halogenated alkanes) is 14. The minimum atomic E-state index is -1.91. The Morgan fingerprint density at radius 1 is 0.812 bits per heavy atom. The Labute approximate surface area is 199 Å². The minimum Gasteiger partial charge on any atom is -0.460 e. The molecular weight excluding hydrogens is 425 g/mol. The number of nitrogens with one attached hydrogen (secondary N) is 1. The lowest BCUT2D eigenvalue weighted by Crippen LogP contribution is -2.21. The summed E-state index contributed by atoms with van der Waals surface area (Å²) in [7, 11) is 0.00443. The van der Waals surface area contributed by atoms with Crippen molar-refractivity contribution in [2.24, 2.45) is 0 Å². The first-order chi connectivity index (χ1) is 15.6. The van der Waals surface area contributed by atoms with Crippen molar-refractivity contribution in [1.82, 2.24) is 5.32 Å². The predicted octanol–water partition coefficient (Wildman–Crippen LogP) is 7.04. The second-order valence-corrected chi connectivity index (χ2v) is 9.79. The molecule has 192 valence electrons. The molecule has 0 aromatic heterocycles. The van der Waals surface area contributed by atoms with Crippen molar-refractivity contribution in [3.8, 4) is 0 Å². The standard InChI is InChI=1S/C25H52NO5P/c1-4-5-6-7-8-9-10-11-12-13-14-15-16-17-20-25(31-24(2)27)23-30-32(28)29-22-19-18-21-26-3/h25-26,28H,4-23H2,1-3H3. The number of hydrogen-bond donors (Lipinski definition) is 2. The highest BCUT2D eigenvalue weighted by Gasteiger charge is 2.16. The van der Waals surface area contributed by atoms with E-state index < -0.39 is 8.60 Å². The van der Waals surface area contributed by atoms with Gasteiger partial charge in [-0.25, -0.2) is 0 Å². The van der Waals surface area contributed by atoms with E-state index in [-0.39, 0.29) is 18.7 Å². The summed E-state index contributed by atoms with van der Waals surface area (Å²) in [4.78, 5) is 21.2. The van der Waals surface area contributed by atoms with Crippen LogP contribution >= 0.6 is 8.60 Å². The molecule has 2 unspecified atom stereocenters. The van der Waals surface area contributed by atoms with Gasteiger partial charge in [0.15, 0.2) is 0 Å². The molecule has 0 bridgehead atoms. The zero-order valence-electron chi connectivity index (χ0n) is 21.2. The Morgan fingerprint density at radius 2 is 1.34 bits per heavy atom. The fraction of sp³-hybridized carbons (Fsp3) is 0.960. The molecule has 0 aromatic rings. The van der Waals surface area contributed by atoms with E-state index in [1.54, 1.807) is 0 Å². The Bertz CT molecular complexity index is 401. The van der Waals surface area contributed by atoms with Gasteiger partial charge in [-0.05, 0) is 39.3 Å². The molecular formula is C25H52NO5P. The Kier molecular flexibility index (Phi) is 25.2. The molecule has 0 heterocycles. The minimum absolute atomic E-state index is 0.191. The van der Waals surface area contributed by atoms with Gasteiger partial charge in [0, 0.05) is 6.92 Å². The van der Waals surface area contributed by atoms with Crippen LogP contribution in [0.15, 0.2) is 0 Å². The van der Waals surface area contributed by atoms with Gasteiger partial charge in [-0.3, -0.25) is 4.79 Å². The molecule has 32 heavy (non-hydrogen) atoms. The molecule has 0 aliphatic rings. The fourth-order valence-electron chi connectivity index (χ4n) is 3.71. The van der Waals surface area contributed by atoms with Gasteiger partial charge in [0.05, 0.1) is 13.2 Å². The van der Waals surface area contributed by atoms with Crippen molar-refractivity contribution >= 4 is 14.6 Å². The van der Waals surface area contributed by atoms with Gasteiger partial charge >= 0.3 is 14.6 Å². The van der Waals surface area contributed by atoms with Crippen molar-refractivity contribution in [1.29, 1.82) is 0 Å². The smallest absolute Gasteiger partial charge is 0.329 e. The number of hydrogen-bond acceptors (Lipinski definition) is 6. The van der Waals surface area contributed by atoms with Crippen molar-refractivity contribution in [3.63, 3.8) is 0 Å². The zero-order chi connectivity index (χ0) is 23.7. The van der Waals surface area contributed by atoms with Crippen LogP contribution in [0.3, 0.4) is 0 Å². The molecule has 7 heteroatoms. The lowest BCUT2D eigenvalue weighted by atomic mass is 10.0. The first-order valence-electron chi connectivity index (χ1n) is 13.2. The van der Waals surface area contributed by atoms with Crippen molar-refractivity contribution in [2.75, 3.05) is 26.8 Å². The summed E-state index contributed by atoms with van der Waals surface area (Å²) in [5.74, 6) is -0.306. The van der Waals surface area contributed by atoms with E-state index in [1.165, 1.54) is 84.0 Å². The van der Waals surface area contributed by atoms with Gasteiger partial charge in [-0.15, -0.1) is 0 Å². The maximum atomic E-state index is 11.3. The third-order valence-corrected chi connectivity index (χ3v) is 6.38. The molecule has 0 aliphatic carbocycles. The topological polar surface area (TPSA) is 77.0 Å². The largest absolute Gasteiger partial charge is 0.460 e. The molecule has 0 amide bonds. The van der Waals surface area contributed by atoms with Gasteiger partial charge < -0.3 is 24.0 Å². The van der Waals surface area contributed by atoms with E-state index in [2.05, 4.69) is 12.2 Å². The molecule has 0 radical (unpaired) electrons. The molecule has 6 nitrogen and oxygen atoms in total. The third kappa shape index (κ3) is 24.4. The maximum Gasteiger partial charge on any atom is 0.329 e. The van der Waals surface area contributed by atoms with Crippen LogP contribution in [0.4, 0.5) is 0 Å². The van der Waals surface area contributed by atoms with E-state index in [9.17, 15) is 9.69 Å². The molecule has 0 spiro atoms. The maximum absolute atomic E-state index is 11.3. The van der Waals surface area contributed by atoms with Crippen LogP contribution in [0, 0.1) is 0 Å². The summed E-state index contributed by atoms with van der Waals surface area (Å²) in [5, 5.41) is 3.07. The summed E-state index contributed by atoms with van der Waals surface area (Å²) in [6, 6.07) is 0. The Balaban J connectivity index is 3.63. The quantitative estimate of drug-likeness (QED) is 0.0834. The lowest BCUT2D eigenvalue weighted by Gasteiger charge is -2.18. The van der Waals surface area contributed by atoms with Gasteiger partial charge in [0.2, 0.25) is 0 Å². The van der Waals surface area contributed by atoms with Crippen LogP contribution in [0.25, 0.3) is 0 Å². The van der Waals surface area contributed by atoms with Crippen molar-refractivity contribution < 1.29 is 23.5 Å². The summed E-state index contributed by atoms with van der Waals surface area (Å²) < 4.78 is 16.0. The molecule has 0 fully saturated rings. The van der Waals surface area contributed by atoms with E-state index in [4.69, 9.17) is 13.8 Å². The third-order valence-electron chi connectivity index (χ3n) is 5.61. The predicted molar refractivity (Wildman–Crippen MR) is 135 cm³/mol. The van der Waals surface area contributed by atoms with Crippen LogP contribution in [-0.4, -0.2) is 43.8 Å². The molecule has 0 saturated carbocycles. The van der Waals surface area contributed by atoms with Gasteiger partial charge in [-0.2, -0.15) is 0 Å². The van der Waals surface area contributed by atoms with E-state index in [1.807, 2.05) is 7.05 Å². The van der Waals surface area contributed by atoms with Gasteiger partial charge in [0.1, 0.15) is 6.10 Å². The molecule has 2 N–H and O–H groups in total. The van der Waals surface area contributed by atoms with E-state index in [0.717, 1.165) is 38.6 Å². The number of carbonyl (C=O) groups excluding carboxylic acids is 1. The monoisotopic (exact) mass is 477 g/mol. The highest BCUT2D eigenvalue weighted by Crippen LogP contribution is 2.33. The number of ether oxygens (including phenoxy) is 1. The lowest BCUT2D eigenvalue weighted by molar-refractivity contribution is -0.148. The molecule has 0 aromatic carbocycles. The van der Waals surface area contributed by atoms with Crippen LogP contribution < -0.4 is 5.32 Å². The summed E-state index contributed by atoms with van der Waals surface area (Å²) in [6.45, 7) is 5.28. The first kappa shape index (κ1) is 31.7. The van der Waals surface area contributed by atoms with Crippen LogP contribution in [0.5, 0.6) is 0 Å². The average molecular weight is 478 g/mol. The summed E-state index contributed by atoms with van der Waals surface area (Å²) in [5.41, 5.74) is 0. The highest BCUT2D eigenvalue weighted by molar-refractivity contribution is 7.40. The number of carbonyl (C=O) groups is 1. The first-order valence-corrected chi connectivity index (χ1v) is 14.3. The zero-order valence-corrected chi connectivity index (χ0v) is 22.1. The summed E-state index contributed by atoms with van der Waals surface area (Å²) >= 11 is 0. The summed E-state index contributed by atoms with van der Waals surface area (Å²) in [6.07, 6.45) is 20.8. The van der Waals surface area contributed by atoms with Crippen LogP contribution in [0.2, 0.25) is 0 Å². The van der Waals surface area contributed by atoms with E-state index in [0.29, 0.717) is 6.61 Å². The second-order valence-electron chi connectivity index (χ2n) is 8.79. The average Bonchev–Trinajstić information content (AvgIpc) is 2.77. The molecule has 0 rings (SSSR count).